The summed E-state index contributed by atoms with van der Waals surface area (Å²) in [7, 11) is 0. The number of rotatable bonds is 6. The number of para-hydroxylation sites is 1. The number of likely N-dealkylation sites (tertiary alicyclic amines) is 1. The van der Waals surface area contributed by atoms with Gasteiger partial charge in [0, 0.05) is 36.5 Å². The maximum absolute atomic E-state index is 12.6. The lowest BCUT2D eigenvalue weighted by molar-refractivity contribution is -0.130. The predicted octanol–water partition coefficient (Wildman–Crippen LogP) is 5.17. The number of aromatic nitrogens is 2. The maximum atomic E-state index is 12.6. The van der Waals surface area contributed by atoms with Gasteiger partial charge in [-0.25, -0.2) is 0 Å². The van der Waals surface area contributed by atoms with Crippen molar-refractivity contribution in [3.63, 3.8) is 0 Å². The lowest BCUT2D eigenvalue weighted by Gasteiger charge is -2.32. The lowest BCUT2D eigenvalue weighted by atomic mass is 10.1. The van der Waals surface area contributed by atoms with Crippen molar-refractivity contribution in [1.29, 1.82) is 0 Å². The fourth-order valence-corrected chi connectivity index (χ4v) is 4.36. The first kappa shape index (κ1) is 21.7. The number of halogens is 1. The number of thioether (sulfide) groups is 1. The van der Waals surface area contributed by atoms with Gasteiger partial charge in [0.25, 0.3) is 5.22 Å². The van der Waals surface area contributed by atoms with E-state index in [9.17, 15) is 4.79 Å². The van der Waals surface area contributed by atoms with Crippen molar-refractivity contribution >= 4 is 29.3 Å². The lowest BCUT2D eigenvalue weighted by Crippen LogP contribution is -2.42. The van der Waals surface area contributed by atoms with Gasteiger partial charge in [0.1, 0.15) is 11.9 Å². The maximum Gasteiger partial charge on any atom is 0.277 e. The second kappa shape index (κ2) is 9.75. The molecule has 1 fully saturated rings. The highest BCUT2D eigenvalue weighted by Crippen LogP contribution is 2.27. The fraction of sp³-hybridized carbons (Fsp3) is 0.348. The molecular weight excluding hydrogens is 434 g/mol. The number of ether oxygens (including phenoxy) is 1. The van der Waals surface area contributed by atoms with Crippen LogP contribution in [0.3, 0.4) is 0 Å². The largest absolute Gasteiger partial charge is 0.490 e. The third-order valence-corrected chi connectivity index (χ3v) is 6.36. The first-order valence-corrected chi connectivity index (χ1v) is 11.6. The molecule has 162 valence electrons. The fourth-order valence-electron chi connectivity index (χ4n) is 3.57. The highest BCUT2D eigenvalue weighted by molar-refractivity contribution is 7.99. The van der Waals surface area contributed by atoms with Gasteiger partial charge in [0.15, 0.2) is 0 Å². The molecule has 4 rings (SSSR count). The minimum atomic E-state index is 0.0711. The first-order chi connectivity index (χ1) is 15.0. The second-order valence-corrected chi connectivity index (χ2v) is 8.95. The molecule has 2 heterocycles. The minimum Gasteiger partial charge on any atom is -0.490 e. The Bertz CT molecular complexity index is 1030. The highest BCUT2D eigenvalue weighted by Gasteiger charge is 2.25. The van der Waals surface area contributed by atoms with E-state index in [-0.39, 0.29) is 17.8 Å². The molecule has 0 atom stereocenters. The van der Waals surface area contributed by atoms with Gasteiger partial charge < -0.3 is 14.1 Å². The molecule has 1 aliphatic heterocycles. The molecule has 1 aromatic heterocycles. The van der Waals surface area contributed by atoms with E-state index in [0.717, 1.165) is 35.3 Å². The number of piperidine rings is 1. The average molecular weight is 458 g/mol. The Morgan fingerprint density at radius 2 is 1.81 bits per heavy atom. The molecule has 0 radical (unpaired) electrons. The molecule has 6 nitrogen and oxygen atoms in total. The molecule has 0 bridgehead atoms. The van der Waals surface area contributed by atoms with E-state index in [4.69, 9.17) is 20.8 Å². The zero-order chi connectivity index (χ0) is 21.8. The zero-order valence-electron chi connectivity index (χ0n) is 17.5. The van der Waals surface area contributed by atoms with E-state index in [1.807, 2.05) is 23.1 Å². The van der Waals surface area contributed by atoms with Crippen LogP contribution < -0.4 is 4.74 Å². The quantitative estimate of drug-likeness (QED) is 0.476. The van der Waals surface area contributed by atoms with E-state index in [1.54, 1.807) is 12.1 Å². The van der Waals surface area contributed by atoms with Crippen LogP contribution in [0.2, 0.25) is 5.02 Å². The summed E-state index contributed by atoms with van der Waals surface area (Å²) < 4.78 is 11.9. The number of carbonyl (C=O) groups is 1. The summed E-state index contributed by atoms with van der Waals surface area (Å²) in [6.07, 6.45) is 1.78. The number of amides is 1. The number of hydrogen-bond donors (Lipinski definition) is 0. The van der Waals surface area contributed by atoms with Gasteiger partial charge in [0.2, 0.25) is 11.8 Å². The van der Waals surface area contributed by atoms with Crippen molar-refractivity contribution in [2.24, 2.45) is 0 Å². The number of carbonyl (C=O) groups excluding carboxylic acids is 1. The monoisotopic (exact) mass is 457 g/mol. The van der Waals surface area contributed by atoms with Crippen LogP contribution in [0.15, 0.2) is 52.1 Å². The molecule has 0 N–H and O–H groups in total. The van der Waals surface area contributed by atoms with Crippen LogP contribution in [0.4, 0.5) is 0 Å². The smallest absolute Gasteiger partial charge is 0.277 e. The summed E-state index contributed by atoms with van der Waals surface area (Å²) in [5.41, 5.74) is 3.08. The molecule has 31 heavy (non-hydrogen) atoms. The van der Waals surface area contributed by atoms with E-state index >= 15 is 0 Å². The molecule has 0 spiro atoms. The molecule has 3 aromatic rings. The molecular formula is C23H24ClN3O3S. The summed E-state index contributed by atoms with van der Waals surface area (Å²) in [4.78, 5) is 14.5. The molecule has 2 aromatic carbocycles. The van der Waals surface area contributed by atoms with E-state index in [1.165, 1.54) is 11.8 Å². The summed E-state index contributed by atoms with van der Waals surface area (Å²) in [5, 5.41) is 9.10. The van der Waals surface area contributed by atoms with Crippen molar-refractivity contribution in [1.82, 2.24) is 15.1 Å². The van der Waals surface area contributed by atoms with Crippen LogP contribution in [-0.4, -0.2) is 46.0 Å². The first-order valence-electron chi connectivity index (χ1n) is 10.2. The van der Waals surface area contributed by atoms with Gasteiger partial charge in [-0.1, -0.05) is 41.6 Å². The summed E-state index contributed by atoms with van der Waals surface area (Å²) in [6, 6.07) is 13.3. The van der Waals surface area contributed by atoms with Gasteiger partial charge in [-0.15, -0.1) is 10.2 Å². The third kappa shape index (κ3) is 5.40. The van der Waals surface area contributed by atoms with Crippen LogP contribution in [-0.2, 0) is 4.79 Å². The van der Waals surface area contributed by atoms with Gasteiger partial charge in [-0.3, -0.25) is 4.79 Å². The predicted molar refractivity (Wildman–Crippen MR) is 122 cm³/mol. The van der Waals surface area contributed by atoms with Gasteiger partial charge in [-0.05, 0) is 49.2 Å². The van der Waals surface area contributed by atoms with E-state index in [2.05, 4.69) is 36.2 Å². The average Bonchev–Trinajstić information content (AvgIpc) is 3.25. The van der Waals surface area contributed by atoms with Gasteiger partial charge >= 0.3 is 0 Å². The zero-order valence-corrected chi connectivity index (χ0v) is 19.1. The molecule has 1 aliphatic rings. The standard InChI is InChI=1S/C23H24ClN3O3S/c1-15-4-3-5-16(2)21(15)29-19-10-12-27(13-11-19)20(28)14-31-23-26-25-22(30-23)17-6-8-18(24)9-7-17/h3-9,19H,10-14H2,1-2H3. The second-order valence-electron chi connectivity index (χ2n) is 7.59. The van der Waals surface area contributed by atoms with Crippen molar-refractivity contribution < 1.29 is 13.9 Å². The molecule has 0 aliphatic carbocycles. The highest BCUT2D eigenvalue weighted by atomic mass is 35.5. The van der Waals surface area contributed by atoms with E-state index < -0.39 is 0 Å². The molecule has 1 amide bonds. The Kier molecular flexibility index (Phi) is 6.83. The topological polar surface area (TPSA) is 68.5 Å². The molecule has 8 heteroatoms. The Morgan fingerprint density at radius 3 is 2.48 bits per heavy atom. The van der Waals surface area contributed by atoms with Crippen LogP contribution in [0, 0.1) is 13.8 Å². The van der Waals surface area contributed by atoms with Gasteiger partial charge in [-0.2, -0.15) is 0 Å². The van der Waals surface area contributed by atoms with Crippen molar-refractivity contribution in [2.45, 2.75) is 38.0 Å². The number of nitrogens with zero attached hydrogens (tertiary/aromatic N) is 3. The van der Waals surface area contributed by atoms with Crippen LogP contribution in [0.5, 0.6) is 5.75 Å². The number of aryl methyl sites for hydroxylation is 2. The number of hydrogen-bond acceptors (Lipinski definition) is 6. The van der Waals surface area contributed by atoms with Crippen LogP contribution >= 0.6 is 23.4 Å². The normalized spacial score (nSPS) is 14.6. The van der Waals surface area contributed by atoms with Crippen LogP contribution in [0.1, 0.15) is 24.0 Å². The molecule has 0 saturated carbocycles. The molecule has 0 unspecified atom stereocenters. The van der Waals surface area contributed by atoms with E-state index in [0.29, 0.717) is 29.2 Å². The summed E-state index contributed by atoms with van der Waals surface area (Å²) >= 11 is 7.16. The Morgan fingerprint density at radius 1 is 1.13 bits per heavy atom. The number of benzene rings is 2. The Labute approximate surface area is 190 Å². The SMILES string of the molecule is Cc1cccc(C)c1OC1CCN(C(=O)CSc2nnc(-c3ccc(Cl)cc3)o2)CC1. The van der Waals surface area contributed by atoms with Crippen molar-refractivity contribution in [3.8, 4) is 17.2 Å². The summed E-state index contributed by atoms with van der Waals surface area (Å²) in [5.74, 6) is 1.72. The van der Waals surface area contributed by atoms with Crippen molar-refractivity contribution in [3.05, 3.63) is 58.6 Å². The molecule has 1 saturated heterocycles. The summed E-state index contributed by atoms with van der Waals surface area (Å²) in [6.45, 7) is 5.51. The van der Waals surface area contributed by atoms with Crippen molar-refractivity contribution in [2.75, 3.05) is 18.8 Å². The van der Waals surface area contributed by atoms with Gasteiger partial charge in [0.05, 0.1) is 5.75 Å². The Hall–Kier alpha value is -2.51. The van der Waals surface area contributed by atoms with Crippen LogP contribution in [0.25, 0.3) is 11.5 Å². The third-order valence-electron chi connectivity index (χ3n) is 5.30. The minimum absolute atomic E-state index is 0.0711. The Balaban J connectivity index is 1.25.